The van der Waals surface area contributed by atoms with Crippen LogP contribution >= 0.6 is 23.2 Å². The number of nitrogens with one attached hydrogen (secondary N) is 1. The first-order valence-corrected chi connectivity index (χ1v) is 7.92. The molecule has 0 atom stereocenters. The number of amides is 2. The van der Waals surface area contributed by atoms with Gasteiger partial charge in [0.1, 0.15) is 0 Å². The Bertz CT molecular complexity index is 560. The monoisotopic (exact) mass is 343 g/mol. The highest BCUT2D eigenvalue weighted by Crippen LogP contribution is 2.24. The maximum absolute atomic E-state index is 12.1. The van der Waals surface area contributed by atoms with Crippen LogP contribution in [0.25, 0.3) is 0 Å². The van der Waals surface area contributed by atoms with Gasteiger partial charge in [-0.05, 0) is 44.1 Å². The number of carbonyl (C=O) groups excluding carboxylic acids is 2. The fraction of sp³-hybridized carbons (Fsp3) is 0.467. The Morgan fingerprint density at radius 3 is 2.55 bits per heavy atom. The summed E-state index contributed by atoms with van der Waals surface area (Å²) >= 11 is 11.7. The van der Waals surface area contributed by atoms with E-state index in [-0.39, 0.29) is 18.4 Å². The van der Waals surface area contributed by atoms with E-state index < -0.39 is 0 Å². The Hall–Kier alpha value is -1.30. The molecule has 0 radical (unpaired) electrons. The van der Waals surface area contributed by atoms with Crippen LogP contribution in [0.2, 0.25) is 10.0 Å². The third kappa shape index (κ3) is 4.87. The number of likely N-dealkylation sites (tertiary alicyclic amines) is 1. The van der Waals surface area contributed by atoms with Gasteiger partial charge in [-0.25, -0.2) is 0 Å². The predicted molar refractivity (Wildman–Crippen MR) is 88.4 cm³/mol. The minimum atomic E-state index is -0.268. The van der Waals surface area contributed by atoms with Crippen LogP contribution in [0.3, 0.4) is 0 Å². The summed E-state index contributed by atoms with van der Waals surface area (Å²) < 4.78 is 0. The summed E-state index contributed by atoms with van der Waals surface area (Å²) in [5, 5.41) is 3.50. The second-order valence-corrected chi connectivity index (χ2v) is 6.22. The van der Waals surface area contributed by atoms with Crippen molar-refractivity contribution in [1.82, 2.24) is 9.80 Å². The summed E-state index contributed by atoms with van der Waals surface area (Å²) in [7, 11) is 1.63. The molecule has 1 heterocycles. The Labute approximate surface area is 140 Å². The van der Waals surface area contributed by atoms with Crippen LogP contribution in [-0.2, 0) is 9.59 Å². The van der Waals surface area contributed by atoms with Gasteiger partial charge in [0, 0.05) is 12.7 Å². The first kappa shape index (κ1) is 17.1. The first-order chi connectivity index (χ1) is 10.5. The van der Waals surface area contributed by atoms with Crippen molar-refractivity contribution >= 4 is 40.7 Å². The van der Waals surface area contributed by atoms with Gasteiger partial charge in [0.2, 0.25) is 11.8 Å². The van der Waals surface area contributed by atoms with Gasteiger partial charge in [-0.15, -0.1) is 0 Å². The lowest BCUT2D eigenvalue weighted by Crippen LogP contribution is -2.40. The molecule has 0 saturated carbocycles. The van der Waals surface area contributed by atoms with E-state index in [9.17, 15) is 9.59 Å². The fourth-order valence-corrected chi connectivity index (χ4v) is 2.63. The third-order valence-electron chi connectivity index (χ3n) is 3.57. The molecule has 1 aliphatic heterocycles. The van der Waals surface area contributed by atoms with Crippen LogP contribution in [0.15, 0.2) is 18.2 Å². The molecule has 1 N–H and O–H groups in total. The van der Waals surface area contributed by atoms with E-state index in [1.54, 1.807) is 25.2 Å². The zero-order valence-corrected chi connectivity index (χ0v) is 14.0. The van der Waals surface area contributed by atoms with Gasteiger partial charge in [-0.1, -0.05) is 23.2 Å². The van der Waals surface area contributed by atoms with E-state index in [0.717, 1.165) is 25.9 Å². The molecule has 0 aromatic heterocycles. The van der Waals surface area contributed by atoms with E-state index >= 15 is 0 Å². The SMILES string of the molecule is CN(CC(=O)Nc1ccc(Cl)c(Cl)c1)C(=O)CN1CCCC1. The number of carbonyl (C=O) groups is 2. The number of rotatable bonds is 5. The standard InChI is InChI=1S/C15H19Cl2N3O2/c1-19(15(22)10-20-6-2-3-7-20)9-14(21)18-11-4-5-12(16)13(17)8-11/h4-5,8H,2-3,6-7,9-10H2,1H3,(H,18,21). The molecular weight excluding hydrogens is 325 g/mol. The molecule has 1 aromatic rings. The Kier molecular flexibility index (Phi) is 6.06. The summed E-state index contributed by atoms with van der Waals surface area (Å²) in [5.41, 5.74) is 0.555. The zero-order chi connectivity index (χ0) is 16.1. The molecule has 2 amide bonds. The molecular formula is C15H19Cl2N3O2. The molecule has 0 spiro atoms. The Balaban J connectivity index is 1.82. The molecule has 0 unspecified atom stereocenters. The van der Waals surface area contributed by atoms with E-state index in [0.29, 0.717) is 22.3 Å². The van der Waals surface area contributed by atoms with Crippen molar-refractivity contribution in [2.45, 2.75) is 12.8 Å². The van der Waals surface area contributed by atoms with Gasteiger partial charge in [-0.2, -0.15) is 0 Å². The smallest absolute Gasteiger partial charge is 0.243 e. The van der Waals surface area contributed by atoms with Gasteiger partial charge in [0.15, 0.2) is 0 Å². The minimum Gasteiger partial charge on any atom is -0.335 e. The molecule has 2 rings (SSSR count). The number of hydrogen-bond acceptors (Lipinski definition) is 3. The summed E-state index contributed by atoms with van der Waals surface area (Å²) in [6.45, 7) is 2.29. The van der Waals surface area contributed by atoms with Crippen molar-refractivity contribution < 1.29 is 9.59 Å². The number of nitrogens with zero attached hydrogens (tertiary/aromatic N) is 2. The second-order valence-electron chi connectivity index (χ2n) is 5.41. The highest BCUT2D eigenvalue weighted by molar-refractivity contribution is 6.42. The third-order valence-corrected chi connectivity index (χ3v) is 4.31. The lowest BCUT2D eigenvalue weighted by molar-refractivity contribution is -0.134. The maximum atomic E-state index is 12.1. The quantitative estimate of drug-likeness (QED) is 0.893. The normalized spacial score (nSPS) is 14.9. The number of likely N-dealkylation sites (N-methyl/N-ethyl adjacent to an activating group) is 1. The van der Waals surface area contributed by atoms with Crippen molar-refractivity contribution in [3.05, 3.63) is 28.2 Å². The van der Waals surface area contributed by atoms with Crippen LogP contribution in [0.4, 0.5) is 5.69 Å². The number of benzene rings is 1. The largest absolute Gasteiger partial charge is 0.335 e. The molecule has 1 aromatic carbocycles. The van der Waals surface area contributed by atoms with Gasteiger partial charge in [0.05, 0.1) is 23.1 Å². The highest BCUT2D eigenvalue weighted by Gasteiger charge is 2.19. The van der Waals surface area contributed by atoms with Crippen LogP contribution in [0.5, 0.6) is 0 Å². The molecule has 5 nitrogen and oxygen atoms in total. The second kappa shape index (κ2) is 7.81. The summed E-state index contributed by atoms with van der Waals surface area (Å²) in [4.78, 5) is 27.6. The van der Waals surface area contributed by atoms with E-state index in [1.807, 2.05) is 0 Å². The molecule has 1 fully saturated rings. The fourth-order valence-electron chi connectivity index (χ4n) is 2.33. The van der Waals surface area contributed by atoms with Gasteiger partial charge in [0.25, 0.3) is 0 Å². The van der Waals surface area contributed by atoms with E-state index in [2.05, 4.69) is 10.2 Å². The topological polar surface area (TPSA) is 52.7 Å². The molecule has 22 heavy (non-hydrogen) atoms. The van der Waals surface area contributed by atoms with Crippen molar-refractivity contribution in [1.29, 1.82) is 0 Å². The van der Waals surface area contributed by atoms with Crippen LogP contribution < -0.4 is 5.32 Å². The average molecular weight is 344 g/mol. The van der Waals surface area contributed by atoms with Crippen LogP contribution in [-0.4, -0.2) is 54.8 Å². The Morgan fingerprint density at radius 1 is 1.23 bits per heavy atom. The minimum absolute atomic E-state index is 0.00686. The van der Waals surface area contributed by atoms with E-state index in [4.69, 9.17) is 23.2 Å². The molecule has 7 heteroatoms. The van der Waals surface area contributed by atoms with E-state index in [1.165, 1.54) is 4.90 Å². The van der Waals surface area contributed by atoms with Crippen molar-refractivity contribution in [3.8, 4) is 0 Å². The molecule has 1 aliphatic rings. The van der Waals surface area contributed by atoms with Crippen LogP contribution in [0.1, 0.15) is 12.8 Å². The number of hydrogen-bond donors (Lipinski definition) is 1. The van der Waals surface area contributed by atoms with Gasteiger partial charge in [-0.3, -0.25) is 14.5 Å². The average Bonchev–Trinajstić information content (AvgIpc) is 2.95. The molecule has 0 aliphatic carbocycles. The lowest BCUT2D eigenvalue weighted by atomic mass is 10.3. The summed E-state index contributed by atoms with van der Waals surface area (Å²) in [6, 6.07) is 4.85. The number of anilines is 1. The molecule has 0 bridgehead atoms. The molecule has 1 saturated heterocycles. The predicted octanol–water partition coefficient (Wildman–Crippen LogP) is 2.49. The Morgan fingerprint density at radius 2 is 1.91 bits per heavy atom. The van der Waals surface area contributed by atoms with Gasteiger partial charge < -0.3 is 10.2 Å². The highest BCUT2D eigenvalue weighted by atomic mass is 35.5. The summed E-state index contributed by atoms with van der Waals surface area (Å²) in [6.07, 6.45) is 2.27. The molecule has 120 valence electrons. The number of halogens is 2. The maximum Gasteiger partial charge on any atom is 0.243 e. The lowest BCUT2D eigenvalue weighted by Gasteiger charge is -2.20. The first-order valence-electron chi connectivity index (χ1n) is 7.17. The summed E-state index contributed by atoms with van der Waals surface area (Å²) in [5.74, 6) is -0.318. The zero-order valence-electron chi connectivity index (χ0n) is 12.4. The van der Waals surface area contributed by atoms with Crippen molar-refractivity contribution in [3.63, 3.8) is 0 Å². The van der Waals surface area contributed by atoms with Crippen molar-refractivity contribution in [2.24, 2.45) is 0 Å². The van der Waals surface area contributed by atoms with Crippen LogP contribution in [0, 0.1) is 0 Å². The van der Waals surface area contributed by atoms with Gasteiger partial charge >= 0.3 is 0 Å². The van der Waals surface area contributed by atoms with Crippen molar-refractivity contribution in [2.75, 3.05) is 38.5 Å².